The van der Waals surface area contributed by atoms with E-state index in [0.29, 0.717) is 30.3 Å². The number of ether oxygens (including phenoxy) is 3. The zero-order valence-electron chi connectivity index (χ0n) is 20.6. The van der Waals surface area contributed by atoms with Crippen LogP contribution < -0.4 is 23.8 Å². The van der Waals surface area contributed by atoms with Gasteiger partial charge in [0, 0.05) is 23.1 Å². The van der Waals surface area contributed by atoms with E-state index in [1.165, 1.54) is 32.4 Å². The predicted octanol–water partition coefficient (Wildman–Crippen LogP) is 3.95. The third-order valence-corrected chi connectivity index (χ3v) is 7.67. The molecule has 0 heterocycles. The average molecular weight is 511 g/mol. The summed E-state index contributed by atoms with van der Waals surface area (Å²) >= 11 is 1.72. The number of nitrogens with zero attached hydrogens (tertiary/aromatic N) is 1. The van der Waals surface area contributed by atoms with Crippen LogP contribution in [0.25, 0.3) is 0 Å². The Hall–Kier alpha value is -2.59. The fourth-order valence-electron chi connectivity index (χ4n) is 3.03. The summed E-state index contributed by atoms with van der Waals surface area (Å²) in [6.07, 6.45) is 0. The van der Waals surface area contributed by atoms with Crippen molar-refractivity contribution in [3.63, 3.8) is 0 Å². The average Bonchev–Trinajstić information content (AvgIpc) is 2.80. The van der Waals surface area contributed by atoms with E-state index in [9.17, 15) is 13.2 Å². The van der Waals surface area contributed by atoms with Crippen molar-refractivity contribution < 1.29 is 27.4 Å². The van der Waals surface area contributed by atoms with E-state index < -0.39 is 15.9 Å². The number of methoxy groups -OCH3 is 2. The minimum atomic E-state index is -4.09. The molecule has 0 aliphatic rings. The van der Waals surface area contributed by atoms with Gasteiger partial charge in [-0.25, -0.2) is 8.42 Å². The second-order valence-corrected chi connectivity index (χ2v) is 12.1. The van der Waals surface area contributed by atoms with Crippen LogP contribution in [0.2, 0.25) is 0 Å². The molecule has 2 aromatic rings. The number of thioether (sulfide) groups is 1. The fraction of sp³-hybridized carbons (Fsp3) is 0.458. The quantitative estimate of drug-likeness (QED) is 0.432. The van der Waals surface area contributed by atoms with Gasteiger partial charge in [0.1, 0.15) is 12.3 Å². The number of sulfonamides is 1. The first kappa shape index (κ1) is 27.7. The highest BCUT2D eigenvalue weighted by atomic mass is 32.2. The number of amides is 1. The molecule has 1 amide bonds. The second-order valence-electron chi connectivity index (χ2n) is 8.27. The first-order chi connectivity index (χ1) is 16.0. The molecule has 0 radical (unpaired) electrons. The normalized spacial score (nSPS) is 11.6. The number of hydrogen-bond donors (Lipinski definition) is 1. The van der Waals surface area contributed by atoms with Gasteiger partial charge in [-0.2, -0.15) is 11.8 Å². The van der Waals surface area contributed by atoms with E-state index in [4.69, 9.17) is 14.2 Å². The highest BCUT2D eigenvalue weighted by Gasteiger charge is 2.28. The molecular formula is C24H34N2O6S2. The molecule has 0 aliphatic carbocycles. The van der Waals surface area contributed by atoms with Gasteiger partial charge in [0.05, 0.1) is 31.4 Å². The van der Waals surface area contributed by atoms with E-state index in [0.717, 1.165) is 10.1 Å². The minimum absolute atomic E-state index is 0.0184. The van der Waals surface area contributed by atoms with Gasteiger partial charge in [0.2, 0.25) is 5.91 Å². The lowest BCUT2D eigenvalue weighted by molar-refractivity contribution is -0.119. The van der Waals surface area contributed by atoms with Crippen LogP contribution in [-0.2, 0) is 14.8 Å². The Labute approximate surface area is 207 Å². The molecule has 2 rings (SSSR count). The maximum Gasteiger partial charge on any atom is 0.264 e. The van der Waals surface area contributed by atoms with Crippen LogP contribution in [0.3, 0.4) is 0 Å². The molecule has 0 saturated heterocycles. The number of nitrogens with one attached hydrogen (secondary N) is 1. The molecular weight excluding hydrogens is 476 g/mol. The summed E-state index contributed by atoms with van der Waals surface area (Å²) in [5, 5.41) is 2.82. The first-order valence-corrected chi connectivity index (χ1v) is 13.3. The summed E-state index contributed by atoms with van der Waals surface area (Å²) in [6, 6.07) is 10.9. The molecule has 0 bridgehead atoms. The van der Waals surface area contributed by atoms with Crippen molar-refractivity contribution in [2.45, 2.75) is 37.3 Å². The Kier molecular flexibility index (Phi) is 9.93. The largest absolute Gasteiger partial charge is 0.494 e. The topological polar surface area (TPSA) is 94.2 Å². The van der Waals surface area contributed by atoms with Crippen molar-refractivity contribution >= 4 is 33.4 Å². The van der Waals surface area contributed by atoms with Crippen LogP contribution >= 0.6 is 11.8 Å². The first-order valence-electron chi connectivity index (χ1n) is 10.9. The van der Waals surface area contributed by atoms with Gasteiger partial charge >= 0.3 is 0 Å². The van der Waals surface area contributed by atoms with Crippen molar-refractivity contribution in [2.24, 2.45) is 0 Å². The number of carbonyl (C=O) groups is 1. The molecule has 0 fully saturated rings. The van der Waals surface area contributed by atoms with Gasteiger partial charge in [0.15, 0.2) is 11.5 Å². The van der Waals surface area contributed by atoms with E-state index >= 15 is 0 Å². The molecule has 0 saturated carbocycles. The number of hydrogen-bond acceptors (Lipinski definition) is 7. The Balaban J connectivity index is 2.33. The molecule has 188 valence electrons. The zero-order chi connectivity index (χ0) is 25.4. The van der Waals surface area contributed by atoms with Gasteiger partial charge in [-0.15, -0.1) is 0 Å². The predicted molar refractivity (Wildman–Crippen MR) is 137 cm³/mol. The van der Waals surface area contributed by atoms with Gasteiger partial charge < -0.3 is 19.5 Å². The monoisotopic (exact) mass is 510 g/mol. The van der Waals surface area contributed by atoms with Crippen molar-refractivity contribution in [1.29, 1.82) is 0 Å². The van der Waals surface area contributed by atoms with Crippen LogP contribution in [0.1, 0.15) is 27.7 Å². The number of carbonyl (C=O) groups excluding carboxylic acids is 1. The number of anilines is 1. The molecule has 0 spiro atoms. The molecule has 1 N–H and O–H groups in total. The summed E-state index contributed by atoms with van der Waals surface area (Å²) in [5.41, 5.74) is 0.345. The number of rotatable bonds is 12. The van der Waals surface area contributed by atoms with Crippen molar-refractivity contribution in [3.8, 4) is 17.2 Å². The van der Waals surface area contributed by atoms with Crippen LogP contribution in [-0.4, -0.2) is 58.7 Å². The van der Waals surface area contributed by atoms with E-state index in [2.05, 4.69) is 26.1 Å². The van der Waals surface area contributed by atoms with Gasteiger partial charge in [-0.05, 0) is 43.3 Å². The van der Waals surface area contributed by atoms with Crippen LogP contribution in [0, 0.1) is 0 Å². The lowest BCUT2D eigenvalue weighted by Crippen LogP contribution is -2.41. The number of benzene rings is 2. The maximum atomic E-state index is 13.6. The molecule has 0 aliphatic heterocycles. The summed E-state index contributed by atoms with van der Waals surface area (Å²) in [5.74, 6) is 1.62. The highest BCUT2D eigenvalue weighted by Crippen LogP contribution is 2.32. The maximum absolute atomic E-state index is 13.6. The molecule has 0 atom stereocenters. The minimum Gasteiger partial charge on any atom is -0.494 e. The molecule has 0 aromatic heterocycles. The van der Waals surface area contributed by atoms with E-state index in [1.54, 1.807) is 36.0 Å². The van der Waals surface area contributed by atoms with E-state index in [-0.39, 0.29) is 21.9 Å². The Morgan fingerprint density at radius 3 is 2.24 bits per heavy atom. The highest BCUT2D eigenvalue weighted by molar-refractivity contribution is 8.00. The Morgan fingerprint density at radius 1 is 1.03 bits per heavy atom. The molecule has 0 unspecified atom stereocenters. The third kappa shape index (κ3) is 7.73. The van der Waals surface area contributed by atoms with E-state index in [1.807, 2.05) is 6.92 Å². The zero-order valence-corrected chi connectivity index (χ0v) is 22.2. The van der Waals surface area contributed by atoms with Crippen molar-refractivity contribution in [1.82, 2.24) is 5.32 Å². The summed E-state index contributed by atoms with van der Waals surface area (Å²) < 4.78 is 44.3. The summed E-state index contributed by atoms with van der Waals surface area (Å²) in [7, 11) is -1.19. The molecule has 8 nitrogen and oxygen atoms in total. The standard InChI is InChI=1S/C24H34N2O6S2/c1-7-32-19-10-8-18(9-11-19)26(17-23(27)25-14-15-33-24(2,3)4)34(28,29)20-12-13-21(30-5)22(16-20)31-6/h8-13,16H,7,14-15,17H2,1-6H3,(H,25,27). The second kappa shape index (κ2) is 12.2. The molecule has 2 aromatic carbocycles. The van der Waals surface area contributed by atoms with Gasteiger partial charge in [-0.3, -0.25) is 9.10 Å². The Morgan fingerprint density at radius 2 is 1.68 bits per heavy atom. The summed E-state index contributed by atoms with van der Waals surface area (Å²) in [4.78, 5) is 12.7. The van der Waals surface area contributed by atoms with Crippen LogP contribution in [0.4, 0.5) is 5.69 Å². The van der Waals surface area contributed by atoms with Crippen LogP contribution in [0.15, 0.2) is 47.4 Å². The Bertz CT molecular complexity index is 1050. The lowest BCUT2D eigenvalue weighted by atomic mass is 10.3. The smallest absolute Gasteiger partial charge is 0.264 e. The third-order valence-electron chi connectivity index (χ3n) is 4.63. The van der Waals surface area contributed by atoms with Gasteiger partial charge in [0.25, 0.3) is 10.0 Å². The van der Waals surface area contributed by atoms with Gasteiger partial charge in [-0.1, -0.05) is 20.8 Å². The lowest BCUT2D eigenvalue weighted by Gasteiger charge is -2.25. The van der Waals surface area contributed by atoms with Crippen molar-refractivity contribution in [3.05, 3.63) is 42.5 Å². The summed E-state index contributed by atoms with van der Waals surface area (Å²) in [6.45, 7) is 8.72. The SMILES string of the molecule is CCOc1ccc(N(CC(=O)NCCSC(C)(C)C)S(=O)(=O)c2ccc(OC)c(OC)c2)cc1. The van der Waals surface area contributed by atoms with Crippen molar-refractivity contribution in [2.75, 3.05) is 44.0 Å². The van der Waals surface area contributed by atoms with Crippen LogP contribution in [0.5, 0.6) is 17.2 Å². The molecule has 34 heavy (non-hydrogen) atoms. The fourth-order valence-corrected chi connectivity index (χ4v) is 5.28. The molecule has 10 heteroatoms.